The highest BCUT2D eigenvalue weighted by atomic mass is 14.2. The molecule has 1 atom stereocenters. The Labute approximate surface area is 156 Å². The van der Waals surface area contributed by atoms with Crippen LogP contribution in [-0.2, 0) is 0 Å². The maximum atomic E-state index is 2.36. The minimum Gasteiger partial charge on any atom is -0.0836 e. The second-order valence-corrected chi connectivity index (χ2v) is 7.16. The van der Waals surface area contributed by atoms with Crippen molar-refractivity contribution in [3.8, 4) is 22.3 Å². The summed E-state index contributed by atoms with van der Waals surface area (Å²) in [6.45, 7) is 4.35. The van der Waals surface area contributed by atoms with E-state index in [1.54, 1.807) is 0 Å². The summed E-state index contributed by atoms with van der Waals surface area (Å²) < 4.78 is 0. The Morgan fingerprint density at radius 2 is 1.42 bits per heavy atom. The minimum absolute atomic E-state index is 0.444. The molecule has 0 amide bonds. The molecule has 0 aromatic heterocycles. The lowest BCUT2D eigenvalue weighted by atomic mass is 9.83. The van der Waals surface area contributed by atoms with Crippen molar-refractivity contribution in [2.75, 3.05) is 0 Å². The van der Waals surface area contributed by atoms with Crippen molar-refractivity contribution in [3.05, 3.63) is 108 Å². The number of hydrogen-bond donors (Lipinski definition) is 0. The molecule has 0 bridgehead atoms. The maximum Gasteiger partial charge on any atom is 0.00619 e. The van der Waals surface area contributed by atoms with Crippen molar-refractivity contribution >= 4 is 0 Å². The number of rotatable bonds is 3. The zero-order chi connectivity index (χ0) is 17.9. The Bertz CT molecular complexity index is 974. The fourth-order valence-electron chi connectivity index (χ4n) is 3.79. The molecule has 0 spiro atoms. The third-order valence-corrected chi connectivity index (χ3v) is 5.14. The lowest BCUT2D eigenvalue weighted by molar-refractivity contribution is 0.854. The van der Waals surface area contributed by atoms with E-state index in [1.807, 2.05) is 0 Å². The van der Waals surface area contributed by atoms with E-state index in [9.17, 15) is 0 Å². The van der Waals surface area contributed by atoms with E-state index in [0.29, 0.717) is 5.92 Å². The first-order valence-corrected chi connectivity index (χ1v) is 9.33. The second kappa shape index (κ2) is 7.17. The van der Waals surface area contributed by atoms with Gasteiger partial charge >= 0.3 is 0 Å². The largest absolute Gasteiger partial charge is 0.0836 e. The number of benzene rings is 3. The van der Waals surface area contributed by atoms with E-state index < -0.39 is 0 Å². The molecular weight excluding hydrogens is 312 g/mol. The molecule has 0 heterocycles. The fraction of sp³-hybridized carbons (Fsp3) is 0.154. The Balaban J connectivity index is 1.91. The predicted molar refractivity (Wildman–Crippen MR) is 112 cm³/mol. The Hall–Kier alpha value is -2.86. The molecule has 26 heavy (non-hydrogen) atoms. The average molecular weight is 336 g/mol. The summed E-state index contributed by atoms with van der Waals surface area (Å²) in [5.41, 5.74) is 9.29. The molecule has 1 aliphatic rings. The predicted octanol–water partition coefficient (Wildman–Crippen LogP) is 7.24. The molecule has 0 fully saturated rings. The highest BCUT2D eigenvalue weighted by molar-refractivity contribution is 5.85. The second-order valence-electron chi connectivity index (χ2n) is 7.16. The van der Waals surface area contributed by atoms with E-state index in [4.69, 9.17) is 0 Å². The van der Waals surface area contributed by atoms with Gasteiger partial charge in [-0.1, -0.05) is 102 Å². The van der Waals surface area contributed by atoms with Crippen LogP contribution in [0.1, 0.15) is 29.0 Å². The zero-order valence-electron chi connectivity index (χ0n) is 15.4. The van der Waals surface area contributed by atoms with E-state index in [1.165, 1.54) is 38.9 Å². The highest BCUT2D eigenvalue weighted by Gasteiger charge is 2.17. The topological polar surface area (TPSA) is 0 Å². The van der Waals surface area contributed by atoms with Gasteiger partial charge in [0.1, 0.15) is 0 Å². The molecule has 0 radical (unpaired) electrons. The molecule has 1 aliphatic carbocycles. The molecule has 128 valence electrons. The Morgan fingerprint density at radius 1 is 0.692 bits per heavy atom. The normalized spacial score (nSPS) is 16.0. The minimum atomic E-state index is 0.444. The van der Waals surface area contributed by atoms with Gasteiger partial charge in [-0.3, -0.25) is 0 Å². The number of hydrogen-bond acceptors (Lipinski definition) is 0. The lowest BCUT2D eigenvalue weighted by Gasteiger charge is -2.21. The van der Waals surface area contributed by atoms with Crippen molar-refractivity contribution in [1.29, 1.82) is 0 Å². The van der Waals surface area contributed by atoms with Crippen LogP contribution in [0.2, 0.25) is 0 Å². The van der Waals surface area contributed by atoms with Gasteiger partial charge in [-0.15, -0.1) is 0 Å². The van der Waals surface area contributed by atoms with E-state index in [0.717, 1.165) is 6.42 Å². The molecule has 3 aromatic rings. The molecule has 0 saturated heterocycles. The summed E-state index contributed by atoms with van der Waals surface area (Å²) in [5.74, 6) is 0.444. The van der Waals surface area contributed by atoms with Crippen LogP contribution in [0.15, 0.2) is 91.0 Å². The van der Waals surface area contributed by atoms with Gasteiger partial charge in [0, 0.05) is 5.92 Å². The summed E-state index contributed by atoms with van der Waals surface area (Å²) in [7, 11) is 0. The molecule has 0 N–H and O–H groups in total. The fourth-order valence-corrected chi connectivity index (χ4v) is 3.79. The molecule has 0 nitrogen and oxygen atoms in total. The quantitative estimate of drug-likeness (QED) is 0.473. The van der Waals surface area contributed by atoms with Gasteiger partial charge in [0.25, 0.3) is 0 Å². The molecule has 1 unspecified atom stereocenters. The van der Waals surface area contributed by atoms with Gasteiger partial charge in [-0.25, -0.2) is 0 Å². The maximum absolute atomic E-state index is 2.36. The molecule has 4 rings (SSSR count). The van der Waals surface area contributed by atoms with Gasteiger partial charge in [-0.2, -0.15) is 0 Å². The number of aryl methyl sites for hydroxylation is 2. The van der Waals surface area contributed by atoms with Crippen molar-refractivity contribution in [2.45, 2.75) is 26.2 Å². The van der Waals surface area contributed by atoms with Crippen LogP contribution in [-0.4, -0.2) is 0 Å². The Morgan fingerprint density at radius 3 is 2.15 bits per heavy atom. The van der Waals surface area contributed by atoms with Crippen LogP contribution in [0.4, 0.5) is 0 Å². The van der Waals surface area contributed by atoms with Gasteiger partial charge in [0.2, 0.25) is 0 Å². The van der Waals surface area contributed by atoms with Crippen molar-refractivity contribution in [3.63, 3.8) is 0 Å². The lowest BCUT2D eigenvalue weighted by Crippen LogP contribution is -2.01. The van der Waals surface area contributed by atoms with Crippen LogP contribution in [0.25, 0.3) is 22.3 Å². The Kier molecular flexibility index (Phi) is 4.58. The van der Waals surface area contributed by atoms with E-state index in [-0.39, 0.29) is 0 Å². The summed E-state index contributed by atoms with van der Waals surface area (Å²) in [5, 5.41) is 0. The van der Waals surface area contributed by atoms with Crippen molar-refractivity contribution in [2.24, 2.45) is 0 Å². The summed E-state index contributed by atoms with van der Waals surface area (Å²) in [4.78, 5) is 0. The molecule has 0 heteroatoms. The standard InChI is InChI=1S/C26H24/c1-19-13-15-23(25(17-19)21-9-5-3-6-10-21)24-16-14-20(2)18-26(24)22-11-7-4-8-12-22/h3-11,13-18,22H,12H2,1-2H3. The van der Waals surface area contributed by atoms with Crippen LogP contribution >= 0.6 is 0 Å². The van der Waals surface area contributed by atoms with Crippen LogP contribution < -0.4 is 0 Å². The van der Waals surface area contributed by atoms with Crippen LogP contribution in [0, 0.1) is 13.8 Å². The smallest absolute Gasteiger partial charge is 0.00619 e. The van der Waals surface area contributed by atoms with Crippen molar-refractivity contribution in [1.82, 2.24) is 0 Å². The molecule has 3 aromatic carbocycles. The van der Waals surface area contributed by atoms with Crippen molar-refractivity contribution < 1.29 is 0 Å². The van der Waals surface area contributed by atoms with Gasteiger partial charge in [0.15, 0.2) is 0 Å². The first-order valence-electron chi connectivity index (χ1n) is 9.33. The van der Waals surface area contributed by atoms with Gasteiger partial charge < -0.3 is 0 Å². The van der Waals surface area contributed by atoms with Crippen LogP contribution in [0.3, 0.4) is 0 Å². The first-order chi connectivity index (χ1) is 12.7. The van der Waals surface area contributed by atoms with Crippen LogP contribution in [0.5, 0.6) is 0 Å². The number of allylic oxidation sites excluding steroid dienone is 4. The van der Waals surface area contributed by atoms with E-state index >= 15 is 0 Å². The molecule has 0 saturated carbocycles. The average Bonchev–Trinajstić information content (AvgIpc) is 2.69. The monoisotopic (exact) mass is 336 g/mol. The van der Waals surface area contributed by atoms with Gasteiger partial charge in [-0.05, 0) is 48.1 Å². The first kappa shape index (κ1) is 16.6. The van der Waals surface area contributed by atoms with E-state index in [2.05, 4.69) is 105 Å². The summed E-state index contributed by atoms with van der Waals surface area (Å²) >= 11 is 0. The third-order valence-electron chi connectivity index (χ3n) is 5.14. The highest BCUT2D eigenvalue weighted by Crippen LogP contribution is 2.39. The molecular formula is C26H24. The molecule has 0 aliphatic heterocycles. The van der Waals surface area contributed by atoms with Gasteiger partial charge in [0.05, 0.1) is 0 Å². The zero-order valence-corrected chi connectivity index (χ0v) is 15.4. The summed E-state index contributed by atoms with van der Waals surface area (Å²) in [6, 6.07) is 24.4. The SMILES string of the molecule is Cc1ccc(-c2ccc(C)cc2C2C=CC=CC2)c(-c2ccccc2)c1. The third kappa shape index (κ3) is 3.28. The summed E-state index contributed by atoms with van der Waals surface area (Å²) in [6.07, 6.45) is 9.99.